The maximum Gasteiger partial charge on any atom is 0.270 e. The third kappa shape index (κ3) is 2.68. The number of benzene rings is 1. The monoisotopic (exact) mass is 311 g/mol. The molecule has 0 aliphatic carbocycles. The zero-order valence-corrected chi connectivity index (χ0v) is 12.2. The summed E-state index contributed by atoms with van der Waals surface area (Å²) >= 11 is 7.21. The van der Waals surface area contributed by atoms with Crippen LogP contribution in [0.25, 0.3) is 6.08 Å². The van der Waals surface area contributed by atoms with Crippen molar-refractivity contribution < 1.29 is 9.72 Å². The van der Waals surface area contributed by atoms with Crippen molar-refractivity contribution in [3.63, 3.8) is 0 Å². The smallest absolute Gasteiger partial charge is 0.270 e. The van der Waals surface area contributed by atoms with E-state index in [0.717, 1.165) is 0 Å². The van der Waals surface area contributed by atoms with Crippen molar-refractivity contribution in [1.82, 2.24) is 4.90 Å². The van der Waals surface area contributed by atoms with Gasteiger partial charge < -0.3 is 0 Å². The molecule has 0 unspecified atom stereocenters. The first kappa shape index (κ1) is 14.5. The number of nitro benzene ring substituents is 1. The van der Waals surface area contributed by atoms with Gasteiger partial charge in [0, 0.05) is 36.8 Å². The van der Waals surface area contributed by atoms with Gasteiger partial charge in [-0.05, 0) is 23.9 Å². The van der Waals surface area contributed by atoms with Crippen LogP contribution in [0.3, 0.4) is 0 Å². The highest BCUT2D eigenvalue weighted by atomic mass is 35.5. The summed E-state index contributed by atoms with van der Waals surface area (Å²) in [4.78, 5) is 28.1. The maximum atomic E-state index is 12.0. The van der Waals surface area contributed by atoms with Gasteiger partial charge in [0.15, 0.2) is 5.17 Å². The molecule has 0 atom stereocenters. The van der Waals surface area contributed by atoms with E-state index >= 15 is 0 Å². The summed E-state index contributed by atoms with van der Waals surface area (Å²) in [5, 5.41) is 11.7. The van der Waals surface area contributed by atoms with Gasteiger partial charge in [0.1, 0.15) is 0 Å². The Bertz CT molecular complexity index is 657. The van der Waals surface area contributed by atoms with Gasteiger partial charge in [-0.25, -0.2) is 0 Å². The van der Waals surface area contributed by atoms with E-state index in [1.807, 2.05) is 0 Å². The molecule has 0 saturated carbocycles. The highest BCUT2D eigenvalue weighted by Crippen LogP contribution is 2.33. The highest BCUT2D eigenvalue weighted by molar-refractivity contribution is 8.18. The van der Waals surface area contributed by atoms with E-state index in [-0.39, 0.29) is 11.6 Å². The van der Waals surface area contributed by atoms with Crippen molar-refractivity contribution in [1.29, 1.82) is 0 Å². The molecule has 8 heteroatoms. The first-order valence-electron chi connectivity index (χ1n) is 5.52. The molecular formula is C12H10ClN3O3S. The zero-order chi connectivity index (χ0) is 14.9. The Morgan fingerprint density at radius 1 is 1.50 bits per heavy atom. The Morgan fingerprint density at radius 3 is 2.75 bits per heavy atom. The van der Waals surface area contributed by atoms with Crippen LogP contribution in [0, 0.1) is 10.1 Å². The van der Waals surface area contributed by atoms with Crippen LogP contribution in [0.5, 0.6) is 0 Å². The standard InChI is InChI=1S/C12H10ClN3O3S/c1-14-12-15(2)11(17)10(20-12)6-7-5-8(16(18)19)3-4-9(7)13/h3-6H,1-2H3/b10-6+,14-12?. The third-order valence-corrected chi connectivity index (χ3v) is 4.17. The number of nitrogens with zero attached hydrogens (tertiary/aromatic N) is 3. The van der Waals surface area contributed by atoms with Gasteiger partial charge in [-0.3, -0.25) is 24.8 Å². The summed E-state index contributed by atoms with van der Waals surface area (Å²) in [7, 11) is 3.21. The fraction of sp³-hybridized carbons (Fsp3) is 0.167. The number of thioether (sulfide) groups is 1. The van der Waals surface area contributed by atoms with Crippen LogP contribution in [-0.2, 0) is 4.79 Å². The first-order chi connectivity index (χ1) is 9.43. The topological polar surface area (TPSA) is 75.8 Å². The summed E-state index contributed by atoms with van der Waals surface area (Å²) in [6, 6.07) is 4.10. The Morgan fingerprint density at radius 2 is 2.20 bits per heavy atom. The average molecular weight is 312 g/mol. The Labute approximate surface area is 124 Å². The number of nitro groups is 1. The number of aliphatic imine (C=N–C) groups is 1. The molecule has 0 N–H and O–H groups in total. The maximum absolute atomic E-state index is 12.0. The van der Waals surface area contributed by atoms with E-state index in [4.69, 9.17) is 11.6 Å². The summed E-state index contributed by atoms with van der Waals surface area (Å²) in [6.07, 6.45) is 1.54. The number of halogens is 1. The van der Waals surface area contributed by atoms with Crippen LogP contribution in [0.2, 0.25) is 5.02 Å². The second-order valence-corrected chi connectivity index (χ2v) is 5.36. The van der Waals surface area contributed by atoms with Crippen LogP contribution in [-0.4, -0.2) is 35.0 Å². The van der Waals surface area contributed by atoms with E-state index in [2.05, 4.69) is 4.99 Å². The van der Waals surface area contributed by atoms with E-state index in [1.54, 1.807) is 14.1 Å². The first-order valence-corrected chi connectivity index (χ1v) is 6.72. The Hall–Kier alpha value is -1.86. The SMILES string of the molecule is CN=C1S/C(=C/c2cc([N+](=O)[O-])ccc2Cl)C(=O)N1C. The number of likely N-dealkylation sites (N-methyl/N-ethyl adjacent to an activating group) is 1. The molecule has 1 aliphatic rings. The minimum Gasteiger partial charge on any atom is -0.290 e. The number of carbonyl (C=O) groups excluding carboxylic acids is 1. The lowest BCUT2D eigenvalue weighted by Gasteiger charge is -2.05. The molecular weight excluding hydrogens is 302 g/mol. The van der Waals surface area contributed by atoms with E-state index in [0.29, 0.717) is 20.7 Å². The highest BCUT2D eigenvalue weighted by Gasteiger charge is 2.30. The normalized spacial score (nSPS) is 19.1. The number of amides is 1. The van der Waals surface area contributed by atoms with Gasteiger partial charge >= 0.3 is 0 Å². The third-order valence-electron chi connectivity index (χ3n) is 2.67. The molecule has 1 amide bonds. The average Bonchev–Trinajstić information content (AvgIpc) is 2.68. The number of rotatable bonds is 2. The van der Waals surface area contributed by atoms with Gasteiger partial charge in [-0.2, -0.15) is 0 Å². The molecule has 0 spiro atoms. The minimum absolute atomic E-state index is 0.0746. The molecule has 1 aliphatic heterocycles. The predicted octanol–water partition coefficient (Wildman–Crippen LogP) is 2.78. The number of non-ortho nitro benzene ring substituents is 1. The quantitative estimate of drug-likeness (QED) is 0.478. The van der Waals surface area contributed by atoms with E-state index in [1.165, 1.54) is 40.9 Å². The molecule has 1 aromatic rings. The molecule has 1 fully saturated rings. The van der Waals surface area contributed by atoms with Crippen LogP contribution in [0.1, 0.15) is 5.56 Å². The van der Waals surface area contributed by atoms with Gasteiger partial charge in [-0.15, -0.1) is 0 Å². The second-order valence-electron chi connectivity index (χ2n) is 3.94. The van der Waals surface area contributed by atoms with E-state index in [9.17, 15) is 14.9 Å². The number of carbonyl (C=O) groups is 1. The largest absolute Gasteiger partial charge is 0.290 e. The molecule has 1 aromatic carbocycles. The fourth-order valence-electron chi connectivity index (χ4n) is 1.65. The van der Waals surface area contributed by atoms with Crippen LogP contribution in [0.4, 0.5) is 5.69 Å². The number of amidine groups is 1. The number of hydrogen-bond acceptors (Lipinski definition) is 5. The molecule has 6 nitrogen and oxygen atoms in total. The van der Waals surface area contributed by atoms with Crippen LogP contribution in [0.15, 0.2) is 28.1 Å². The van der Waals surface area contributed by atoms with Gasteiger partial charge in [0.2, 0.25) is 0 Å². The summed E-state index contributed by atoms with van der Waals surface area (Å²) in [5.41, 5.74) is 0.358. The molecule has 0 aromatic heterocycles. The molecule has 1 heterocycles. The lowest BCUT2D eigenvalue weighted by Crippen LogP contribution is -2.23. The lowest BCUT2D eigenvalue weighted by molar-refractivity contribution is -0.384. The molecule has 0 bridgehead atoms. The molecule has 20 heavy (non-hydrogen) atoms. The van der Waals surface area contributed by atoms with Crippen molar-refractivity contribution in [2.24, 2.45) is 4.99 Å². The summed E-state index contributed by atoms with van der Waals surface area (Å²) in [6.45, 7) is 0. The predicted molar refractivity (Wildman–Crippen MR) is 79.8 cm³/mol. The summed E-state index contributed by atoms with van der Waals surface area (Å²) in [5.74, 6) is -0.210. The van der Waals surface area contributed by atoms with Crippen LogP contribution >= 0.6 is 23.4 Å². The minimum atomic E-state index is -0.507. The fourth-order valence-corrected chi connectivity index (χ4v) is 2.74. The number of hydrogen-bond donors (Lipinski definition) is 0. The van der Waals surface area contributed by atoms with Crippen molar-refractivity contribution in [3.8, 4) is 0 Å². The summed E-state index contributed by atoms with van der Waals surface area (Å²) < 4.78 is 0. The van der Waals surface area contributed by atoms with Crippen molar-refractivity contribution >= 4 is 46.2 Å². The van der Waals surface area contributed by atoms with Crippen molar-refractivity contribution in [2.45, 2.75) is 0 Å². The van der Waals surface area contributed by atoms with Gasteiger partial charge in [0.05, 0.1) is 9.83 Å². The molecule has 104 valence electrons. The van der Waals surface area contributed by atoms with Crippen LogP contribution < -0.4 is 0 Å². The van der Waals surface area contributed by atoms with Gasteiger partial charge in [0.25, 0.3) is 11.6 Å². The van der Waals surface area contributed by atoms with Crippen molar-refractivity contribution in [3.05, 3.63) is 43.8 Å². The van der Waals surface area contributed by atoms with Gasteiger partial charge in [-0.1, -0.05) is 11.6 Å². The Balaban J connectivity index is 2.43. The molecule has 0 radical (unpaired) electrons. The molecule has 2 rings (SSSR count). The molecule has 1 saturated heterocycles. The van der Waals surface area contributed by atoms with E-state index < -0.39 is 4.92 Å². The zero-order valence-electron chi connectivity index (χ0n) is 10.7. The Kier molecular flexibility index (Phi) is 4.10. The van der Waals surface area contributed by atoms with Crippen molar-refractivity contribution in [2.75, 3.05) is 14.1 Å². The second kappa shape index (κ2) is 5.64. The lowest BCUT2D eigenvalue weighted by atomic mass is 10.2.